The zero-order chi connectivity index (χ0) is 19.8. The second kappa shape index (κ2) is 9.71. The topological polar surface area (TPSA) is 60.0 Å². The summed E-state index contributed by atoms with van der Waals surface area (Å²) in [6.45, 7) is 6.13. The molecule has 0 aliphatic heterocycles. The molecule has 0 aliphatic carbocycles. The number of benzene rings is 2. The fraction of sp³-hybridized carbons (Fsp3) is 0.381. The van der Waals surface area contributed by atoms with Gasteiger partial charge >= 0.3 is 0 Å². The maximum atomic E-state index is 12.5. The predicted molar refractivity (Wildman–Crippen MR) is 108 cm³/mol. The number of anilines is 2. The van der Waals surface area contributed by atoms with Crippen LogP contribution < -0.4 is 24.4 Å². The van der Waals surface area contributed by atoms with Crippen molar-refractivity contribution in [3.63, 3.8) is 0 Å². The lowest BCUT2D eigenvalue weighted by Crippen LogP contribution is -2.21. The molecule has 0 heterocycles. The van der Waals surface area contributed by atoms with Crippen molar-refractivity contribution in [2.45, 2.75) is 20.3 Å². The van der Waals surface area contributed by atoms with Crippen molar-refractivity contribution < 1.29 is 19.0 Å². The number of nitrogens with one attached hydrogen (secondary N) is 1. The number of rotatable bonds is 9. The minimum Gasteiger partial charge on any atom is -0.493 e. The summed E-state index contributed by atoms with van der Waals surface area (Å²) in [5.74, 6) is 1.42. The SMILES string of the molecule is CCN(CC)c1ccc(NC(=O)Cc2ccc(OC)c(OC)c2OC)cc1. The third-order valence-electron chi connectivity index (χ3n) is 4.42. The zero-order valence-corrected chi connectivity index (χ0v) is 16.7. The van der Waals surface area contributed by atoms with E-state index in [0.717, 1.165) is 30.0 Å². The quantitative estimate of drug-likeness (QED) is 0.727. The van der Waals surface area contributed by atoms with Crippen LogP contribution in [0.15, 0.2) is 36.4 Å². The third kappa shape index (κ3) is 4.84. The fourth-order valence-corrected chi connectivity index (χ4v) is 3.02. The lowest BCUT2D eigenvalue weighted by molar-refractivity contribution is -0.115. The van der Waals surface area contributed by atoms with E-state index in [1.54, 1.807) is 27.4 Å². The Bertz CT molecular complexity index is 756. The molecule has 1 amide bonds. The van der Waals surface area contributed by atoms with Crippen LogP contribution in [-0.2, 0) is 11.2 Å². The Morgan fingerprint density at radius 3 is 2.04 bits per heavy atom. The standard InChI is InChI=1S/C21H28N2O4/c1-6-23(7-2)17-11-9-16(10-12-17)22-19(24)14-15-8-13-18(25-3)21(27-5)20(15)26-4/h8-13H,6-7,14H2,1-5H3,(H,22,24). The van der Waals surface area contributed by atoms with E-state index >= 15 is 0 Å². The highest BCUT2D eigenvalue weighted by Gasteiger charge is 2.18. The number of carbonyl (C=O) groups is 1. The molecule has 0 atom stereocenters. The molecule has 6 nitrogen and oxygen atoms in total. The molecule has 0 spiro atoms. The summed E-state index contributed by atoms with van der Waals surface area (Å²) >= 11 is 0. The molecule has 1 N–H and O–H groups in total. The molecule has 0 aliphatic rings. The molecule has 2 rings (SSSR count). The van der Waals surface area contributed by atoms with E-state index in [9.17, 15) is 4.79 Å². The normalized spacial score (nSPS) is 10.3. The van der Waals surface area contributed by atoms with Gasteiger partial charge in [0.1, 0.15) is 0 Å². The summed E-state index contributed by atoms with van der Waals surface area (Å²) in [7, 11) is 4.65. The van der Waals surface area contributed by atoms with Crippen LogP contribution in [0.25, 0.3) is 0 Å². The Morgan fingerprint density at radius 2 is 1.52 bits per heavy atom. The minimum atomic E-state index is -0.129. The summed E-state index contributed by atoms with van der Waals surface area (Å²) in [5.41, 5.74) is 2.63. The molecule has 0 radical (unpaired) electrons. The highest BCUT2D eigenvalue weighted by atomic mass is 16.5. The van der Waals surface area contributed by atoms with Gasteiger partial charge in [-0.15, -0.1) is 0 Å². The van der Waals surface area contributed by atoms with Crippen LogP contribution in [0.3, 0.4) is 0 Å². The van der Waals surface area contributed by atoms with E-state index in [4.69, 9.17) is 14.2 Å². The van der Waals surface area contributed by atoms with Gasteiger partial charge in [0, 0.05) is 30.0 Å². The molecule has 27 heavy (non-hydrogen) atoms. The van der Waals surface area contributed by atoms with E-state index in [-0.39, 0.29) is 12.3 Å². The first-order valence-corrected chi connectivity index (χ1v) is 9.00. The summed E-state index contributed by atoms with van der Waals surface area (Å²) in [6.07, 6.45) is 0.168. The average Bonchev–Trinajstić information content (AvgIpc) is 2.69. The lowest BCUT2D eigenvalue weighted by atomic mass is 10.1. The second-order valence-corrected chi connectivity index (χ2v) is 5.94. The van der Waals surface area contributed by atoms with Gasteiger partial charge < -0.3 is 24.4 Å². The number of ether oxygens (including phenoxy) is 3. The summed E-state index contributed by atoms with van der Waals surface area (Å²) in [6, 6.07) is 11.4. The van der Waals surface area contributed by atoms with Crippen LogP contribution in [0.5, 0.6) is 17.2 Å². The molecule has 6 heteroatoms. The lowest BCUT2D eigenvalue weighted by Gasteiger charge is -2.21. The minimum absolute atomic E-state index is 0.129. The van der Waals surface area contributed by atoms with E-state index in [1.165, 1.54) is 0 Å². The second-order valence-electron chi connectivity index (χ2n) is 5.94. The molecule has 0 unspecified atom stereocenters. The van der Waals surface area contributed by atoms with Gasteiger partial charge in [0.25, 0.3) is 0 Å². The van der Waals surface area contributed by atoms with Crippen molar-refractivity contribution in [2.24, 2.45) is 0 Å². The van der Waals surface area contributed by atoms with Crippen LogP contribution in [0.4, 0.5) is 11.4 Å². The zero-order valence-electron chi connectivity index (χ0n) is 16.7. The number of hydrogen-bond donors (Lipinski definition) is 1. The maximum absolute atomic E-state index is 12.5. The summed E-state index contributed by atoms with van der Waals surface area (Å²) in [5, 5.41) is 2.92. The Kier molecular flexibility index (Phi) is 7.34. The van der Waals surface area contributed by atoms with E-state index < -0.39 is 0 Å². The Morgan fingerprint density at radius 1 is 0.889 bits per heavy atom. The van der Waals surface area contributed by atoms with Gasteiger partial charge in [0.05, 0.1) is 27.8 Å². The highest BCUT2D eigenvalue weighted by Crippen LogP contribution is 2.39. The number of carbonyl (C=O) groups excluding carboxylic acids is 1. The van der Waals surface area contributed by atoms with Crippen LogP contribution in [-0.4, -0.2) is 40.3 Å². The molecule has 0 aromatic heterocycles. The Labute approximate surface area is 161 Å². The molecule has 0 bridgehead atoms. The van der Waals surface area contributed by atoms with Crippen molar-refractivity contribution in [2.75, 3.05) is 44.6 Å². The van der Waals surface area contributed by atoms with Gasteiger partial charge in [-0.05, 0) is 44.2 Å². The van der Waals surface area contributed by atoms with Gasteiger partial charge in [0.2, 0.25) is 11.7 Å². The number of methoxy groups -OCH3 is 3. The van der Waals surface area contributed by atoms with Crippen LogP contribution in [0.1, 0.15) is 19.4 Å². The molecule has 0 saturated heterocycles. The smallest absolute Gasteiger partial charge is 0.228 e. The predicted octanol–water partition coefficient (Wildman–Crippen LogP) is 3.74. The van der Waals surface area contributed by atoms with Crippen molar-refractivity contribution in [3.8, 4) is 17.2 Å². The van der Waals surface area contributed by atoms with E-state index in [2.05, 4.69) is 24.1 Å². The molecular formula is C21H28N2O4. The first-order valence-electron chi connectivity index (χ1n) is 9.00. The van der Waals surface area contributed by atoms with Gasteiger partial charge in [-0.2, -0.15) is 0 Å². The summed E-state index contributed by atoms with van der Waals surface area (Å²) in [4.78, 5) is 14.7. The van der Waals surface area contributed by atoms with Gasteiger partial charge in [-0.25, -0.2) is 0 Å². The monoisotopic (exact) mass is 372 g/mol. The van der Waals surface area contributed by atoms with Crippen molar-refractivity contribution in [3.05, 3.63) is 42.0 Å². The Hall–Kier alpha value is -2.89. The first kappa shape index (κ1) is 20.4. The largest absolute Gasteiger partial charge is 0.493 e. The average molecular weight is 372 g/mol. The molecular weight excluding hydrogens is 344 g/mol. The molecule has 2 aromatic carbocycles. The van der Waals surface area contributed by atoms with Crippen LogP contribution in [0, 0.1) is 0 Å². The molecule has 2 aromatic rings. The van der Waals surface area contributed by atoms with E-state index in [0.29, 0.717) is 17.2 Å². The Balaban J connectivity index is 2.12. The third-order valence-corrected chi connectivity index (χ3v) is 4.42. The van der Waals surface area contributed by atoms with Gasteiger partial charge in [-0.1, -0.05) is 6.07 Å². The van der Waals surface area contributed by atoms with Gasteiger partial charge in [-0.3, -0.25) is 4.79 Å². The van der Waals surface area contributed by atoms with Crippen LogP contribution in [0.2, 0.25) is 0 Å². The van der Waals surface area contributed by atoms with Crippen molar-refractivity contribution in [1.82, 2.24) is 0 Å². The number of nitrogens with zero attached hydrogens (tertiary/aromatic N) is 1. The maximum Gasteiger partial charge on any atom is 0.228 e. The van der Waals surface area contributed by atoms with Crippen molar-refractivity contribution >= 4 is 17.3 Å². The molecule has 146 valence electrons. The fourth-order valence-electron chi connectivity index (χ4n) is 3.02. The highest BCUT2D eigenvalue weighted by molar-refractivity contribution is 5.93. The molecule has 0 fully saturated rings. The summed E-state index contributed by atoms with van der Waals surface area (Å²) < 4.78 is 16.1. The van der Waals surface area contributed by atoms with E-state index in [1.807, 2.05) is 30.3 Å². The number of amides is 1. The number of hydrogen-bond acceptors (Lipinski definition) is 5. The van der Waals surface area contributed by atoms with Gasteiger partial charge in [0.15, 0.2) is 11.5 Å². The van der Waals surface area contributed by atoms with Crippen LogP contribution >= 0.6 is 0 Å². The van der Waals surface area contributed by atoms with Crippen molar-refractivity contribution in [1.29, 1.82) is 0 Å². The first-order chi connectivity index (χ1) is 13.1. The molecule has 0 saturated carbocycles.